The maximum Gasteiger partial charge on any atom is 0.326 e. The molecule has 1 aromatic rings. The lowest BCUT2D eigenvalue weighted by molar-refractivity contribution is -0.150. The molecule has 1 fully saturated rings. The molecule has 0 aliphatic carbocycles. The fourth-order valence-electron chi connectivity index (χ4n) is 2.59. The number of rotatable bonds is 3. The van der Waals surface area contributed by atoms with Gasteiger partial charge in [0.05, 0.1) is 16.5 Å². The first kappa shape index (κ1) is 16.1. The van der Waals surface area contributed by atoms with E-state index >= 15 is 0 Å². The third-order valence-electron chi connectivity index (χ3n) is 3.70. The van der Waals surface area contributed by atoms with Crippen LogP contribution < -0.4 is 0 Å². The van der Waals surface area contributed by atoms with E-state index in [1.165, 1.54) is 4.90 Å². The van der Waals surface area contributed by atoms with Gasteiger partial charge in [-0.15, -0.1) is 0 Å². The van der Waals surface area contributed by atoms with Crippen molar-refractivity contribution in [2.45, 2.75) is 38.1 Å². The lowest BCUT2D eigenvalue weighted by Gasteiger charge is -2.27. The van der Waals surface area contributed by atoms with Gasteiger partial charge in [-0.3, -0.25) is 4.79 Å². The van der Waals surface area contributed by atoms with Crippen LogP contribution in [0.15, 0.2) is 18.2 Å². The molecule has 1 unspecified atom stereocenters. The molecule has 0 radical (unpaired) electrons. The maximum absolute atomic E-state index is 12.4. The van der Waals surface area contributed by atoms with Gasteiger partial charge in [0.15, 0.2) is 0 Å². The largest absolute Gasteiger partial charge is 0.480 e. The van der Waals surface area contributed by atoms with E-state index in [2.05, 4.69) is 0 Å². The Labute approximate surface area is 133 Å². The van der Waals surface area contributed by atoms with Crippen molar-refractivity contribution in [3.8, 4) is 0 Å². The summed E-state index contributed by atoms with van der Waals surface area (Å²) in [5.74, 6) is -1.11. The Morgan fingerprint density at radius 3 is 2.62 bits per heavy atom. The molecule has 0 saturated carbocycles. The summed E-state index contributed by atoms with van der Waals surface area (Å²) in [5, 5.41) is 10.1. The minimum Gasteiger partial charge on any atom is -0.480 e. The number of halogens is 2. The van der Waals surface area contributed by atoms with Gasteiger partial charge in [0, 0.05) is 6.54 Å². The number of likely N-dealkylation sites (tertiary alicyclic amines) is 1. The normalized spacial score (nSPS) is 19.1. The Balaban J connectivity index is 2.12. The van der Waals surface area contributed by atoms with Crippen LogP contribution in [0.25, 0.3) is 0 Å². The van der Waals surface area contributed by atoms with Gasteiger partial charge in [0.1, 0.15) is 6.04 Å². The molecule has 1 saturated heterocycles. The molecule has 1 heterocycles. The number of nitrogens with zero attached hydrogens (tertiary/aromatic N) is 1. The summed E-state index contributed by atoms with van der Waals surface area (Å²) in [6.07, 6.45) is 3.30. The van der Waals surface area contributed by atoms with Gasteiger partial charge in [-0.2, -0.15) is 0 Å². The molecule has 1 atom stereocenters. The third kappa shape index (κ3) is 4.11. The van der Waals surface area contributed by atoms with Crippen molar-refractivity contribution in [3.63, 3.8) is 0 Å². The van der Waals surface area contributed by atoms with Crippen LogP contribution in [0.4, 0.5) is 0 Å². The number of amides is 1. The second kappa shape index (κ2) is 7.14. The van der Waals surface area contributed by atoms with Crippen molar-refractivity contribution in [1.82, 2.24) is 4.90 Å². The van der Waals surface area contributed by atoms with Gasteiger partial charge in [0.25, 0.3) is 0 Å². The fraction of sp³-hybridized carbons (Fsp3) is 0.467. The Morgan fingerprint density at radius 1 is 1.19 bits per heavy atom. The van der Waals surface area contributed by atoms with Gasteiger partial charge >= 0.3 is 5.97 Å². The zero-order chi connectivity index (χ0) is 15.4. The highest BCUT2D eigenvalue weighted by Gasteiger charge is 2.30. The van der Waals surface area contributed by atoms with Crippen LogP contribution >= 0.6 is 23.2 Å². The first-order valence-corrected chi connectivity index (χ1v) is 7.71. The summed E-state index contributed by atoms with van der Waals surface area (Å²) in [6, 6.07) is 4.31. The summed E-state index contributed by atoms with van der Waals surface area (Å²) in [4.78, 5) is 25.2. The zero-order valence-electron chi connectivity index (χ0n) is 11.5. The van der Waals surface area contributed by atoms with Gasteiger partial charge in [-0.25, -0.2) is 4.79 Å². The van der Waals surface area contributed by atoms with Crippen LogP contribution in [0, 0.1) is 0 Å². The van der Waals surface area contributed by atoms with Crippen LogP contribution in [-0.4, -0.2) is 34.5 Å². The van der Waals surface area contributed by atoms with Gasteiger partial charge < -0.3 is 10.0 Å². The molecule has 0 aromatic heterocycles. The van der Waals surface area contributed by atoms with E-state index in [4.69, 9.17) is 23.2 Å². The van der Waals surface area contributed by atoms with Crippen LogP contribution in [-0.2, 0) is 16.0 Å². The Kier molecular flexibility index (Phi) is 5.48. The van der Waals surface area contributed by atoms with Crippen LogP contribution in [0.1, 0.15) is 31.2 Å². The van der Waals surface area contributed by atoms with E-state index in [1.807, 2.05) is 0 Å². The van der Waals surface area contributed by atoms with Crippen LogP contribution in [0.3, 0.4) is 0 Å². The minimum absolute atomic E-state index is 0.140. The molecule has 0 spiro atoms. The number of hydrogen-bond acceptors (Lipinski definition) is 2. The molecule has 2 rings (SSSR count). The minimum atomic E-state index is -0.931. The quantitative estimate of drug-likeness (QED) is 0.924. The molecule has 1 aliphatic rings. The van der Waals surface area contributed by atoms with Crippen LogP contribution in [0.5, 0.6) is 0 Å². The molecule has 6 heteroatoms. The molecule has 0 bridgehead atoms. The predicted octanol–water partition coefficient (Wildman–Crippen LogP) is 3.39. The number of carbonyl (C=O) groups excluding carboxylic acids is 1. The molecule has 1 aromatic carbocycles. The molecule has 21 heavy (non-hydrogen) atoms. The highest BCUT2D eigenvalue weighted by Crippen LogP contribution is 2.24. The third-order valence-corrected chi connectivity index (χ3v) is 4.44. The van der Waals surface area contributed by atoms with E-state index < -0.39 is 12.0 Å². The molecule has 1 aliphatic heterocycles. The monoisotopic (exact) mass is 329 g/mol. The summed E-state index contributed by atoms with van der Waals surface area (Å²) >= 11 is 11.8. The van der Waals surface area contributed by atoms with Crippen molar-refractivity contribution in [2.75, 3.05) is 6.54 Å². The van der Waals surface area contributed by atoms with E-state index in [1.54, 1.807) is 18.2 Å². The Hall–Kier alpha value is -1.26. The van der Waals surface area contributed by atoms with E-state index in [9.17, 15) is 14.7 Å². The summed E-state index contributed by atoms with van der Waals surface area (Å²) < 4.78 is 0. The number of benzene rings is 1. The second-order valence-electron chi connectivity index (χ2n) is 5.22. The smallest absolute Gasteiger partial charge is 0.326 e. The number of hydrogen-bond donors (Lipinski definition) is 1. The van der Waals surface area contributed by atoms with Crippen molar-refractivity contribution in [2.24, 2.45) is 0 Å². The number of carbonyl (C=O) groups is 2. The number of carboxylic acids is 1. The van der Waals surface area contributed by atoms with Crippen molar-refractivity contribution < 1.29 is 14.7 Å². The molecule has 1 amide bonds. The van der Waals surface area contributed by atoms with Gasteiger partial charge in [0.2, 0.25) is 5.91 Å². The average molecular weight is 330 g/mol. The van der Waals surface area contributed by atoms with Gasteiger partial charge in [-0.05, 0) is 30.5 Å². The highest BCUT2D eigenvalue weighted by atomic mass is 35.5. The Morgan fingerprint density at radius 2 is 1.95 bits per heavy atom. The maximum atomic E-state index is 12.4. The highest BCUT2D eigenvalue weighted by molar-refractivity contribution is 6.42. The van der Waals surface area contributed by atoms with E-state index in [-0.39, 0.29) is 12.3 Å². The molecule has 1 N–H and O–H groups in total. The van der Waals surface area contributed by atoms with Crippen molar-refractivity contribution in [1.29, 1.82) is 0 Å². The van der Waals surface area contributed by atoms with Crippen molar-refractivity contribution >= 4 is 35.1 Å². The summed E-state index contributed by atoms with van der Waals surface area (Å²) in [7, 11) is 0. The molecular formula is C15H17Cl2NO3. The SMILES string of the molecule is O=C(O)C1CCCCCN1C(=O)Cc1ccc(Cl)c(Cl)c1. The number of carboxylic acid groups (broad SMARTS) is 1. The molecular weight excluding hydrogens is 313 g/mol. The summed E-state index contributed by atoms with van der Waals surface area (Å²) in [6.45, 7) is 0.497. The number of aliphatic carboxylic acids is 1. The van der Waals surface area contributed by atoms with Gasteiger partial charge in [-0.1, -0.05) is 42.1 Å². The van der Waals surface area contributed by atoms with E-state index in [0.717, 1.165) is 24.8 Å². The van der Waals surface area contributed by atoms with E-state index in [0.29, 0.717) is 23.0 Å². The Bertz CT molecular complexity index is 548. The zero-order valence-corrected chi connectivity index (χ0v) is 13.0. The lowest BCUT2D eigenvalue weighted by Crippen LogP contribution is -2.45. The standard InChI is InChI=1S/C15H17Cl2NO3/c16-11-6-5-10(8-12(11)17)9-14(19)18-7-3-1-2-4-13(18)15(20)21/h5-6,8,13H,1-4,7,9H2,(H,20,21). The summed E-state index contributed by atoms with van der Waals surface area (Å²) in [5.41, 5.74) is 0.739. The average Bonchev–Trinajstić information content (AvgIpc) is 2.68. The predicted molar refractivity (Wildman–Crippen MR) is 81.8 cm³/mol. The lowest BCUT2D eigenvalue weighted by atomic mass is 10.1. The van der Waals surface area contributed by atoms with Crippen molar-refractivity contribution in [3.05, 3.63) is 33.8 Å². The topological polar surface area (TPSA) is 57.6 Å². The molecule has 4 nitrogen and oxygen atoms in total. The van der Waals surface area contributed by atoms with Crippen LogP contribution in [0.2, 0.25) is 10.0 Å². The fourth-order valence-corrected chi connectivity index (χ4v) is 2.91. The first-order chi connectivity index (χ1) is 9.99. The first-order valence-electron chi connectivity index (χ1n) is 6.95. The molecule has 114 valence electrons. The second-order valence-corrected chi connectivity index (χ2v) is 6.03.